The van der Waals surface area contributed by atoms with Gasteiger partial charge in [0.2, 0.25) is 0 Å². The number of hydrogen-bond donors (Lipinski definition) is 1. The maximum absolute atomic E-state index is 4.34. The lowest BCUT2D eigenvalue weighted by molar-refractivity contribution is 0.157. The summed E-state index contributed by atoms with van der Waals surface area (Å²) in [5.74, 6) is 0.911. The number of likely N-dealkylation sites (tertiary alicyclic amines) is 1. The van der Waals surface area contributed by atoms with Crippen LogP contribution in [-0.2, 0) is 13.6 Å². The topological polar surface area (TPSA) is 33.1 Å². The van der Waals surface area contributed by atoms with E-state index in [4.69, 9.17) is 0 Å². The van der Waals surface area contributed by atoms with Gasteiger partial charge in [-0.1, -0.05) is 0 Å². The summed E-state index contributed by atoms with van der Waals surface area (Å²) in [7, 11) is 2.02. The van der Waals surface area contributed by atoms with Crippen molar-refractivity contribution in [1.82, 2.24) is 20.0 Å². The highest BCUT2D eigenvalue weighted by Gasteiger charge is 2.28. The molecule has 0 aliphatic carbocycles. The summed E-state index contributed by atoms with van der Waals surface area (Å²) in [5.41, 5.74) is 2.69. The van der Waals surface area contributed by atoms with Crippen molar-refractivity contribution in [3.8, 4) is 0 Å². The third-order valence-electron chi connectivity index (χ3n) is 5.03. The van der Waals surface area contributed by atoms with Crippen molar-refractivity contribution < 1.29 is 0 Å². The first-order valence-electron chi connectivity index (χ1n) is 7.67. The summed E-state index contributed by atoms with van der Waals surface area (Å²) < 4.78 is 1.98. The van der Waals surface area contributed by atoms with E-state index in [1.54, 1.807) is 0 Å². The number of halogens is 1. The Morgan fingerprint density at radius 3 is 2.60 bits per heavy atom. The minimum Gasteiger partial charge on any atom is -0.314 e. The average molecular weight is 299 g/mol. The summed E-state index contributed by atoms with van der Waals surface area (Å²) in [6, 6.07) is 0.808. The molecule has 2 aliphatic rings. The molecule has 0 saturated carbocycles. The fraction of sp³-hybridized carbons (Fsp3) is 0.800. The zero-order chi connectivity index (χ0) is 13.2. The van der Waals surface area contributed by atoms with Gasteiger partial charge in [-0.05, 0) is 58.2 Å². The Hall–Kier alpha value is -0.580. The molecular weight excluding hydrogens is 272 g/mol. The lowest BCUT2D eigenvalue weighted by Gasteiger charge is -2.34. The molecule has 4 nitrogen and oxygen atoms in total. The minimum atomic E-state index is 0. The predicted molar refractivity (Wildman–Crippen MR) is 84.2 cm³/mol. The van der Waals surface area contributed by atoms with Gasteiger partial charge in [0.05, 0.1) is 6.20 Å². The maximum atomic E-state index is 4.34. The van der Waals surface area contributed by atoms with E-state index in [1.807, 2.05) is 17.9 Å². The second kappa shape index (κ2) is 6.92. The summed E-state index contributed by atoms with van der Waals surface area (Å²) >= 11 is 0. The smallest absolute Gasteiger partial charge is 0.0537 e. The molecule has 0 amide bonds. The van der Waals surface area contributed by atoms with Crippen LogP contribution in [0, 0.1) is 12.8 Å². The molecule has 1 N–H and O–H groups in total. The Kier molecular flexibility index (Phi) is 5.47. The monoisotopic (exact) mass is 298 g/mol. The first-order valence-corrected chi connectivity index (χ1v) is 7.67. The van der Waals surface area contributed by atoms with E-state index in [0.717, 1.165) is 18.5 Å². The Morgan fingerprint density at radius 1 is 1.30 bits per heavy atom. The van der Waals surface area contributed by atoms with E-state index in [-0.39, 0.29) is 12.4 Å². The molecule has 1 aromatic rings. The molecule has 114 valence electrons. The molecule has 20 heavy (non-hydrogen) atoms. The van der Waals surface area contributed by atoms with Gasteiger partial charge in [-0.25, -0.2) is 0 Å². The van der Waals surface area contributed by atoms with Crippen LogP contribution in [0.1, 0.15) is 36.9 Å². The summed E-state index contributed by atoms with van der Waals surface area (Å²) in [4.78, 5) is 2.59. The second-order valence-electron chi connectivity index (χ2n) is 6.20. The molecule has 0 radical (unpaired) electrons. The molecule has 5 heteroatoms. The summed E-state index contributed by atoms with van der Waals surface area (Å²) in [6.45, 7) is 6.97. The highest BCUT2D eigenvalue weighted by molar-refractivity contribution is 5.85. The fourth-order valence-electron chi connectivity index (χ4n) is 3.57. The van der Waals surface area contributed by atoms with E-state index in [9.17, 15) is 0 Å². The van der Waals surface area contributed by atoms with Crippen LogP contribution >= 0.6 is 12.4 Å². The van der Waals surface area contributed by atoms with Crippen molar-refractivity contribution in [2.75, 3.05) is 19.6 Å². The van der Waals surface area contributed by atoms with Crippen molar-refractivity contribution in [3.63, 3.8) is 0 Å². The van der Waals surface area contributed by atoms with Gasteiger partial charge < -0.3 is 5.32 Å². The van der Waals surface area contributed by atoms with Crippen molar-refractivity contribution >= 4 is 12.4 Å². The van der Waals surface area contributed by atoms with Crippen LogP contribution in [0.15, 0.2) is 6.20 Å². The minimum absolute atomic E-state index is 0. The standard InChI is InChI=1S/C15H26N4.ClH/c1-12-14(10-17-18(12)2)11-19-8-5-13(6-9-19)15-4-3-7-16-15;/h10,13,15-16H,3-9,11H2,1-2H3;1H. The average Bonchev–Trinajstić information content (AvgIpc) is 3.06. The molecule has 1 aromatic heterocycles. The predicted octanol–water partition coefficient (Wildman–Crippen LogP) is 2.11. The van der Waals surface area contributed by atoms with Crippen LogP contribution in [0.3, 0.4) is 0 Å². The fourth-order valence-corrected chi connectivity index (χ4v) is 3.57. The molecule has 1 atom stereocenters. The summed E-state index contributed by atoms with van der Waals surface area (Å²) in [5, 5.41) is 8.01. The highest BCUT2D eigenvalue weighted by atomic mass is 35.5. The van der Waals surface area contributed by atoms with Crippen LogP contribution < -0.4 is 5.32 Å². The van der Waals surface area contributed by atoms with E-state index in [0.29, 0.717) is 0 Å². The summed E-state index contributed by atoms with van der Waals surface area (Å²) in [6.07, 6.45) is 7.51. The SMILES string of the molecule is Cc1c(CN2CCC(C3CCCN3)CC2)cnn1C.Cl. The van der Waals surface area contributed by atoms with Gasteiger partial charge >= 0.3 is 0 Å². The van der Waals surface area contributed by atoms with E-state index < -0.39 is 0 Å². The number of hydrogen-bond acceptors (Lipinski definition) is 3. The largest absolute Gasteiger partial charge is 0.314 e. The lowest BCUT2D eigenvalue weighted by atomic mass is 9.88. The Labute approximate surface area is 128 Å². The number of piperidine rings is 1. The van der Waals surface area contributed by atoms with Crippen LogP contribution in [0.25, 0.3) is 0 Å². The van der Waals surface area contributed by atoms with Crippen molar-refractivity contribution in [2.24, 2.45) is 13.0 Å². The third kappa shape index (κ3) is 3.35. The normalized spacial score (nSPS) is 24.8. The zero-order valence-corrected chi connectivity index (χ0v) is 13.5. The molecule has 2 fully saturated rings. The van der Waals surface area contributed by atoms with Crippen LogP contribution in [0.5, 0.6) is 0 Å². The molecule has 1 unspecified atom stereocenters. The maximum Gasteiger partial charge on any atom is 0.0537 e. The number of rotatable bonds is 3. The Morgan fingerprint density at radius 2 is 2.05 bits per heavy atom. The molecule has 0 aromatic carbocycles. The van der Waals surface area contributed by atoms with Gasteiger partial charge in [0, 0.05) is 30.9 Å². The third-order valence-corrected chi connectivity index (χ3v) is 5.03. The van der Waals surface area contributed by atoms with Gasteiger partial charge in [0.1, 0.15) is 0 Å². The van der Waals surface area contributed by atoms with E-state index >= 15 is 0 Å². The Bertz CT molecular complexity index is 418. The lowest BCUT2D eigenvalue weighted by Crippen LogP contribution is -2.40. The molecule has 2 aliphatic heterocycles. The highest BCUT2D eigenvalue weighted by Crippen LogP contribution is 2.26. The van der Waals surface area contributed by atoms with Gasteiger partial charge in [0.25, 0.3) is 0 Å². The molecule has 3 heterocycles. The molecule has 2 saturated heterocycles. The van der Waals surface area contributed by atoms with Gasteiger partial charge in [-0.15, -0.1) is 12.4 Å². The van der Waals surface area contributed by atoms with E-state index in [2.05, 4.69) is 22.2 Å². The van der Waals surface area contributed by atoms with Crippen LogP contribution in [-0.4, -0.2) is 40.4 Å². The molecular formula is C15H27ClN4. The quantitative estimate of drug-likeness (QED) is 0.928. The van der Waals surface area contributed by atoms with Crippen molar-refractivity contribution in [1.29, 1.82) is 0 Å². The van der Waals surface area contributed by atoms with E-state index in [1.165, 1.54) is 56.6 Å². The van der Waals surface area contributed by atoms with Crippen molar-refractivity contribution in [3.05, 3.63) is 17.5 Å². The van der Waals surface area contributed by atoms with Crippen LogP contribution in [0.4, 0.5) is 0 Å². The molecule has 3 rings (SSSR count). The van der Waals surface area contributed by atoms with Crippen molar-refractivity contribution in [2.45, 2.75) is 45.2 Å². The number of nitrogens with zero attached hydrogens (tertiary/aromatic N) is 3. The number of nitrogens with one attached hydrogen (secondary N) is 1. The second-order valence-corrected chi connectivity index (χ2v) is 6.20. The van der Waals surface area contributed by atoms with Gasteiger partial charge in [-0.3, -0.25) is 9.58 Å². The molecule has 0 bridgehead atoms. The number of aryl methyl sites for hydroxylation is 1. The molecule has 0 spiro atoms. The Balaban J connectivity index is 0.00000147. The van der Waals surface area contributed by atoms with Crippen LogP contribution in [0.2, 0.25) is 0 Å². The first kappa shape index (κ1) is 15.8. The zero-order valence-electron chi connectivity index (χ0n) is 12.6. The first-order chi connectivity index (χ1) is 9.24. The number of aromatic nitrogens is 2. The van der Waals surface area contributed by atoms with Gasteiger partial charge in [0.15, 0.2) is 0 Å². The van der Waals surface area contributed by atoms with Gasteiger partial charge in [-0.2, -0.15) is 5.10 Å².